The number of hydrogen-bond donors (Lipinski definition) is 0. The SMILES string of the molecule is C=CCN(Cc1ccc(OC)cc1)C(=O)CSc1ccc2c(c1)OCCO2. The van der Waals surface area contributed by atoms with Gasteiger partial charge in [-0.15, -0.1) is 18.3 Å². The first-order chi connectivity index (χ1) is 13.2. The lowest BCUT2D eigenvalue weighted by molar-refractivity contribution is -0.128. The minimum atomic E-state index is 0.0607. The van der Waals surface area contributed by atoms with Crippen molar-refractivity contribution in [1.82, 2.24) is 4.90 Å². The van der Waals surface area contributed by atoms with E-state index in [2.05, 4.69) is 6.58 Å². The lowest BCUT2D eigenvalue weighted by atomic mass is 10.2. The molecule has 0 fully saturated rings. The zero-order chi connectivity index (χ0) is 19.1. The number of benzene rings is 2. The fraction of sp³-hybridized carbons (Fsp3) is 0.286. The molecule has 0 radical (unpaired) electrons. The summed E-state index contributed by atoms with van der Waals surface area (Å²) < 4.78 is 16.3. The topological polar surface area (TPSA) is 48.0 Å². The summed E-state index contributed by atoms with van der Waals surface area (Å²) in [6, 6.07) is 13.5. The molecule has 0 unspecified atom stereocenters. The molecular formula is C21H23NO4S. The van der Waals surface area contributed by atoms with Crippen LogP contribution in [0.2, 0.25) is 0 Å². The highest BCUT2D eigenvalue weighted by Gasteiger charge is 2.15. The van der Waals surface area contributed by atoms with E-state index < -0.39 is 0 Å². The zero-order valence-corrected chi connectivity index (χ0v) is 16.2. The van der Waals surface area contributed by atoms with Gasteiger partial charge in [0.2, 0.25) is 5.91 Å². The first-order valence-electron chi connectivity index (χ1n) is 8.73. The second kappa shape index (κ2) is 9.37. The van der Waals surface area contributed by atoms with Crippen LogP contribution in [0.25, 0.3) is 0 Å². The minimum Gasteiger partial charge on any atom is -0.497 e. The molecule has 0 bridgehead atoms. The van der Waals surface area contributed by atoms with Crippen molar-refractivity contribution in [3.8, 4) is 17.2 Å². The quantitative estimate of drug-likeness (QED) is 0.511. The van der Waals surface area contributed by atoms with Crippen LogP contribution < -0.4 is 14.2 Å². The van der Waals surface area contributed by atoms with E-state index in [0.29, 0.717) is 32.1 Å². The summed E-state index contributed by atoms with van der Waals surface area (Å²) in [5.41, 5.74) is 1.05. The van der Waals surface area contributed by atoms with Crippen molar-refractivity contribution in [3.63, 3.8) is 0 Å². The van der Waals surface area contributed by atoms with Gasteiger partial charge in [-0.2, -0.15) is 0 Å². The van der Waals surface area contributed by atoms with Crippen molar-refractivity contribution in [1.29, 1.82) is 0 Å². The molecule has 27 heavy (non-hydrogen) atoms. The molecule has 1 aliphatic heterocycles. The third kappa shape index (κ3) is 5.20. The Morgan fingerprint density at radius 1 is 1.19 bits per heavy atom. The second-order valence-electron chi connectivity index (χ2n) is 6.01. The summed E-state index contributed by atoms with van der Waals surface area (Å²) in [5, 5.41) is 0. The number of nitrogens with zero attached hydrogens (tertiary/aromatic N) is 1. The van der Waals surface area contributed by atoms with Gasteiger partial charge in [0.1, 0.15) is 19.0 Å². The smallest absolute Gasteiger partial charge is 0.233 e. The largest absolute Gasteiger partial charge is 0.497 e. The third-order valence-corrected chi connectivity index (χ3v) is 5.09. The molecule has 0 aromatic heterocycles. The van der Waals surface area contributed by atoms with Gasteiger partial charge in [0, 0.05) is 18.0 Å². The molecule has 1 heterocycles. The van der Waals surface area contributed by atoms with E-state index in [1.54, 1.807) is 18.1 Å². The Labute approximate surface area is 163 Å². The van der Waals surface area contributed by atoms with Crippen molar-refractivity contribution in [2.75, 3.05) is 32.6 Å². The lowest BCUT2D eigenvalue weighted by Gasteiger charge is -2.22. The number of carbonyl (C=O) groups excluding carboxylic acids is 1. The first-order valence-corrected chi connectivity index (χ1v) is 9.72. The second-order valence-corrected chi connectivity index (χ2v) is 7.05. The molecule has 5 nitrogen and oxygen atoms in total. The Hall–Kier alpha value is -2.60. The van der Waals surface area contributed by atoms with E-state index in [9.17, 15) is 4.79 Å². The highest BCUT2D eigenvalue weighted by molar-refractivity contribution is 8.00. The van der Waals surface area contributed by atoms with Gasteiger partial charge in [-0.3, -0.25) is 4.79 Å². The summed E-state index contributed by atoms with van der Waals surface area (Å²) in [6.07, 6.45) is 1.75. The van der Waals surface area contributed by atoms with Crippen LogP contribution in [0.5, 0.6) is 17.2 Å². The van der Waals surface area contributed by atoms with Crippen molar-refractivity contribution in [2.45, 2.75) is 11.4 Å². The third-order valence-electron chi connectivity index (χ3n) is 4.11. The molecule has 0 atom stereocenters. The van der Waals surface area contributed by atoms with E-state index in [0.717, 1.165) is 27.7 Å². The number of rotatable bonds is 8. The van der Waals surface area contributed by atoms with Gasteiger partial charge in [-0.05, 0) is 35.9 Å². The summed E-state index contributed by atoms with van der Waals surface area (Å²) in [5.74, 6) is 2.70. The molecule has 1 amide bonds. The van der Waals surface area contributed by atoms with Gasteiger partial charge in [-0.25, -0.2) is 0 Å². The van der Waals surface area contributed by atoms with E-state index in [-0.39, 0.29) is 5.91 Å². The number of methoxy groups -OCH3 is 1. The standard InChI is InChI=1S/C21H23NO4S/c1-3-10-22(14-16-4-6-17(24-2)7-5-16)21(23)15-27-18-8-9-19-20(13-18)26-12-11-25-19/h3-9,13H,1,10-12,14-15H2,2H3. The highest BCUT2D eigenvalue weighted by Crippen LogP contribution is 2.34. The molecular weight excluding hydrogens is 362 g/mol. The molecule has 0 saturated carbocycles. The fourth-order valence-corrected chi connectivity index (χ4v) is 3.54. The molecule has 0 spiro atoms. The monoisotopic (exact) mass is 385 g/mol. The Bertz CT molecular complexity index is 791. The molecule has 6 heteroatoms. The summed E-state index contributed by atoms with van der Waals surface area (Å²) in [7, 11) is 1.64. The Balaban J connectivity index is 1.60. The highest BCUT2D eigenvalue weighted by atomic mass is 32.2. The Morgan fingerprint density at radius 2 is 1.93 bits per heavy atom. The number of carbonyl (C=O) groups is 1. The lowest BCUT2D eigenvalue weighted by Crippen LogP contribution is -2.32. The van der Waals surface area contributed by atoms with Crippen LogP contribution in [0, 0.1) is 0 Å². The maximum Gasteiger partial charge on any atom is 0.233 e. The first kappa shape index (κ1) is 19.2. The summed E-state index contributed by atoms with van der Waals surface area (Å²) in [6.45, 7) is 5.93. The van der Waals surface area contributed by atoms with E-state index in [4.69, 9.17) is 14.2 Å². The zero-order valence-electron chi connectivity index (χ0n) is 15.3. The van der Waals surface area contributed by atoms with E-state index in [1.807, 2.05) is 42.5 Å². The van der Waals surface area contributed by atoms with Crippen molar-refractivity contribution in [2.24, 2.45) is 0 Å². The van der Waals surface area contributed by atoms with Gasteiger partial charge >= 0.3 is 0 Å². The Kier molecular flexibility index (Phi) is 6.65. The number of amides is 1. The maximum absolute atomic E-state index is 12.7. The van der Waals surface area contributed by atoms with Gasteiger partial charge < -0.3 is 19.1 Å². The number of hydrogen-bond acceptors (Lipinski definition) is 5. The summed E-state index contributed by atoms with van der Waals surface area (Å²) >= 11 is 1.49. The van der Waals surface area contributed by atoms with Gasteiger partial charge in [0.15, 0.2) is 11.5 Å². The number of fused-ring (bicyclic) bond motifs is 1. The Morgan fingerprint density at radius 3 is 2.63 bits per heavy atom. The predicted molar refractivity (Wildman–Crippen MR) is 107 cm³/mol. The van der Waals surface area contributed by atoms with Gasteiger partial charge in [-0.1, -0.05) is 18.2 Å². The predicted octanol–water partition coefficient (Wildman–Crippen LogP) is 3.77. The van der Waals surface area contributed by atoms with Gasteiger partial charge in [0.25, 0.3) is 0 Å². The maximum atomic E-state index is 12.7. The normalized spacial score (nSPS) is 12.3. The van der Waals surface area contributed by atoms with Crippen LogP contribution in [0.15, 0.2) is 60.0 Å². The molecule has 0 N–H and O–H groups in total. The van der Waals surface area contributed by atoms with Crippen molar-refractivity contribution >= 4 is 17.7 Å². The van der Waals surface area contributed by atoms with Crippen LogP contribution in [-0.4, -0.2) is 43.4 Å². The number of thioether (sulfide) groups is 1. The van der Waals surface area contributed by atoms with E-state index >= 15 is 0 Å². The van der Waals surface area contributed by atoms with Crippen LogP contribution in [0.1, 0.15) is 5.56 Å². The van der Waals surface area contributed by atoms with Crippen LogP contribution >= 0.6 is 11.8 Å². The average Bonchev–Trinajstić information content (AvgIpc) is 2.72. The van der Waals surface area contributed by atoms with Gasteiger partial charge in [0.05, 0.1) is 12.9 Å². The van der Waals surface area contributed by atoms with E-state index in [1.165, 1.54) is 11.8 Å². The molecule has 3 rings (SSSR count). The van der Waals surface area contributed by atoms with Crippen molar-refractivity contribution < 1.29 is 19.0 Å². The van der Waals surface area contributed by atoms with Crippen LogP contribution in [0.3, 0.4) is 0 Å². The average molecular weight is 385 g/mol. The molecule has 2 aromatic rings. The van der Waals surface area contributed by atoms with Crippen molar-refractivity contribution in [3.05, 3.63) is 60.7 Å². The minimum absolute atomic E-state index is 0.0607. The van der Waals surface area contributed by atoms with Crippen LogP contribution in [0.4, 0.5) is 0 Å². The molecule has 0 saturated heterocycles. The summed E-state index contributed by atoms with van der Waals surface area (Å²) in [4.78, 5) is 15.5. The molecule has 1 aliphatic rings. The molecule has 142 valence electrons. The number of ether oxygens (including phenoxy) is 3. The molecule has 0 aliphatic carbocycles. The molecule has 2 aromatic carbocycles. The van der Waals surface area contributed by atoms with Crippen LogP contribution in [-0.2, 0) is 11.3 Å². The fourth-order valence-electron chi connectivity index (χ4n) is 2.71.